The van der Waals surface area contributed by atoms with Gasteiger partial charge in [0.15, 0.2) is 0 Å². The molecule has 0 saturated heterocycles. The van der Waals surface area contributed by atoms with E-state index < -0.39 is 0 Å². The Kier molecular flexibility index (Phi) is 6.53. The quantitative estimate of drug-likeness (QED) is 0.650. The standard InChI is InChI=1S/C26H34N2O/c1-20-11-13-21(14-12-20)19-28(26(29)27-24-9-5-6-10-24)25-17-15-23(16-18-25)22-7-3-2-4-8-22/h2-4,7-8,11-14,23-25H,5-6,9-10,15-19H2,1H3,(H,27,29). The van der Waals surface area contributed by atoms with Gasteiger partial charge in [0, 0.05) is 18.6 Å². The van der Waals surface area contributed by atoms with E-state index in [1.807, 2.05) is 0 Å². The second-order valence-electron chi connectivity index (χ2n) is 8.96. The normalized spacial score (nSPS) is 22.4. The van der Waals surface area contributed by atoms with E-state index in [-0.39, 0.29) is 6.03 Å². The Morgan fingerprint density at radius 3 is 2.21 bits per heavy atom. The maximum atomic E-state index is 13.2. The third-order valence-electron chi connectivity index (χ3n) is 6.83. The first-order chi connectivity index (χ1) is 14.2. The monoisotopic (exact) mass is 390 g/mol. The van der Waals surface area contributed by atoms with Crippen LogP contribution in [0.15, 0.2) is 54.6 Å². The van der Waals surface area contributed by atoms with Gasteiger partial charge in [0.1, 0.15) is 0 Å². The molecular formula is C26H34N2O. The summed E-state index contributed by atoms with van der Waals surface area (Å²) < 4.78 is 0. The largest absolute Gasteiger partial charge is 0.335 e. The molecule has 2 aliphatic carbocycles. The van der Waals surface area contributed by atoms with Gasteiger partial charge in [0.25, 0.3) is 0 Å². The number of hydrogen-bond acceptors (Lipinski definition) is 1. The van der Waals surface area contributed by atoms with Crippen LogP contribution in [0.2, 0.25) is 0 Å². The molecule has 2 saturated carbocycles. The molecule has 2 aliphatic rings. The molecule has 0 spiro atoms. The molecule has 0 radical (unpaired) electrons. The number of rotatable bonds is 5. The lowest BCUT2D eigenvalue weighted by Gasteiger charge is -2.38. The van der Waals surface area contributed by atoms with Gasteiger partial charge in [0.05, 0.1) is 0 Å². The average Bonchev–Trinajstić information content (AvgIpc) is 3.27. The van der Waals surface area contributed by atoms with Crippen molar-refractivity contribution >= 4 is 6.03 Å². The van der Waals surface area contributed by atoms with Crippen LogP contribution in [0.5, 0.6) is 0 Å². The summed E-state index contributed by atoms with van der Waals surface area (Å²) in [5.74, 6) is 0.631. The van der Waals surface area contributed by atoms with Crippen LogP contribution >= 0.6 is 0 Å². The van der Waals surface area contributed by atoms with Crippen LogP contribution in [0.3, 0.4) is 0 Å². The van der Waals surface area contributed by atoms with Crippen molar-refractivity contribution < 1.29 is 4.79 Å². The molecular weight excluding hydrogens is 356 g/mol. The number of aryl methyl sites for hydroxylation is 1. The predicted molar refractivity (Wildman–Crippen MR) is 119 cm³/mol. The molecule has 0 bridgehead atoms. The van der Waals surface area contributed by atoms with Gasteiger partial charge in [-0.1, -0.05) is 73.0 Å². The molecule has 1 N–H and O–H groups in total. The molecule has 0 aromatic heterocycles. The number of urea groups is 1. The highest BCUT2D eigenvalue weighted by atomic mass is 16.2. The minimum atomic E-state index is 0.139. The van der Waals surface area contributed by atoms with Gasteiger partial charge in [-0.15, -0.1) is 0 Å². The van der Waals surface area contributed by atoms with Gasteiger partial charge in [-0.25, -0.2) is 4.79 Å². The lowest BCUT2D eigenvalue weighted by Crippen LogP contribution is -2.49. The maximum absolute atomic E-state index is 13.2. The summed E-state index contributed by atoms with van der Waals surface area (Å²) >= 11 is 0. The van der Waals surface area contributed by atoms with E-state index in [4.69, 9.17) is 0 Å². The van der Waals surface area contributed by atoms with Gasteiger partial charge in [-0.05, 0) is 62.5 Å². The van der Waals surface area contributed by atoms with Crippen LogP contribution in [0.4, 0.5) is 4.79 Å². The first-order valence-electron chi connectivity index (χ1n) is 11.4. The zero-order chi connectivity index (χ0) is 20.1. The van der Waals surface area contributed by atoms with E-state index in [0.717, 1.165) is 38.5 Å². The minimum absolute atomic E-state index is 0.139. The second kappa shape index (κ2) is 9.47. The first-order valence-corrected chi connectivity index (χ1v) is 11.4. The zero-order valence-electron chi connectivity index (χ0n) is 17.6. The molecule has 3 heteroatoms. The Bertz CT molecular complexity index is 772. The van der Waals surface area contributed by atoms with E-state index in [2.05, 4.69) is 71.7 Å². The molecule has 4 rings (SSSR count). The molecule has 0 heterocycles. The lowest BCUT2D eigenvalue weighted by molar-refractivity contribution is 0.144. The lowest BCUT2D eigenvalue weighted by atomic mass is 9.81. The molecule has 0 atom stereocenters. The summed E-state index contributed by atoms with van der Waals surface area (Å²) in [4.78, 5) is 15.4. The third kappa shape index (κ3) is 5.20. The minimum Gasteiger partial charge on any atom is -0.335 e. The highest BCUT2D eigenvalue weighted by Gasteiger charge is 2.31. The fourth-order valence-corrected chi connectivity index (χ4v) is 5.03. The molecule has 2 fully saturated rings. The van der Waals surface area contributed by atoms with Gasteiger partial charge < -0.3 is 10.2 Å². The number of carbonyl (C=O) groups is 1. The van der Waals surface area contributed by atoms with E-state index in [1.54, 1.807) is 0 Å². The highest BCUT2D eigenvalue weighted by molar-refractivity contribution is 5.75. The van der Waals surface area contributed by atoms with E-state index in [0.29, 0.717) is 24.5 Å². The van der Waals surface area contributed by atoms with Gasteiger partial charge in [-0.3, -0.25) is 0 Å². The number of carbonyl (C=O) groups excluding carboxylic acids is 1. The summed E-state index contributed by atoms with van der Waals surface area (Å²) in [6, 6.07) is 20.3. The third-order valence-corrected chi connectivity index (χ3v) is 6.83. The Hall–Kier alpha value is -2.29. The fraction of sp³-hybridized carbons (Fsp3) is 0.500. The Morgan fingerprint density at radius 1 is 0.897 bits per heavy atom. The van der Waals surface area contributed by atoms with Crippen LogP contribution in [0.25, 0.3) is 0 Å². The van der Waals surface area contributed by atoms with Crippen molar-refractivity contribution in [3.63, 3.8) is 0 Å². The second-order valence-corrected chi connectivity index (χ2v) is 8.96. The number of benzene rings is 2. The van der Waals surface area contributed by atoms with E-state index in [1.165, 1.54) is 29.5 Å². The molecule has 2 aromatic rings. The fourth-order valence-electron chi connectivity index (χ4n) is 5.03. The van der Waals surface area contributed by atoms with Crippen molar-refractivity contribution in [1.82, 2.24) is 10.2 Å². The average molecular weight is 391 g/mol. The molecule has 3 nitrogen and oxygen atoms in total. The van der Waals surface area contributed by atoms with Crippen LogP contribution in [0.1, 0.15) is 74.0 Å². The van der Waals surface area contributed by atoms with Crippen molar-refractivity contribution in [3.05, 3.63) is 71.3 Å². The Balaban J connectivity index is 1.44. The smallest absolute Gasteiger partial charge is 0.318 e. The molecule has 154 valence electrons. The van der Waals surface area contributed by atoms with Crippen LogP contribution in [-0.2, 0) is 6.54 Å². The number of amides is 2. The van der Waals surface area contributed by atoms with Crippen LogP contribution in [-0.4, -0.2) is 23.0 Å². The van der Waals surface area contributed by atoms with Crippen molar-refractivity contribution in [1.29, 1.82) is 0 Å². The van der Waals surface area contributed by atoms with Crippen molar-refractivity contribution in [2.24, 2.45) is 0 Å². The van der Waals surface area contributed by atoms with Gasteiger partial charge >= 0.3 is 6.03 Å². The molecule has 2 amide bonds. The highest BCUT2D eigenvalue weighted by Crippen LogP contribution is 2.35. The van der Waals surface area contributed by atoms with Crippen molar-refractivity contribution in [2.45, 2.75) is 82.8 Å². The zero-order valence-corrected chi connectivity index (χ0v) is 17.6. The number of nitrogens with one attached hydrogen (secondary N) is 1. The van der Waals surface area contributed by atoms with Crippen molar-refractivity contribution in [3.8, 4) is 0 Å². The molecule has 0 aliphatic heterocycles. The molecule has 0 unspecified atom stereocenters. The van der Waals surface area contributed by atoms with Crippen molar-refractivity contribution in [2.75, 3.05) is 0 Å². The first kappa shape index (κ1) is 20.0. The molecule has 2 aromatic carbocycles. The predicted octanol–water partition coefficient (Wildman–Crippen LogP) is 6.18. The summed E-state index contributed by atoms with van der Waals surface area (Å²) in [7, 11) is 0. The summed E-state index contributed by atoms with van der Waals surface area (Å²) in [6.45, 7) is 2.82. The van der Waals surface area contributed by atoms with Crippen LogP contribution in [0, 0.1) is 6.92 Å². The van der Waals surface area contributed by atoms with Gasteiger partial charge in [-0.2, -0.15) is 0 Å². The molecule has 29 heavy (non-hydrogen) atoms. The summed E-state index contributed by atoms with van der Waals surface area (Å²) in [6.07, 6.45) is 9.24. The van der Waals surface area contributed by atoms with Crippen LogP contribution < -0.4 is 5.32 Å². The van der Waals surface area contributed by atoms with E-state index >= 15 is 0 Å². The Labute approximate surface area is 175 Å². The maximum Gasteiger partial charge on any atom is 0.318 e. The van der Waals surface area contributed by atoms with E-state index in [9.17, 15) is 4.79 Å². The van der Waals surface area contributed by atoms with Gasteiger partial charge in [0.2, 0.25) is 0 Å². The summed E-state index contributed by atoms with van der Waals surface area (Å²) in [5.41, 5.74) is 3.94. The summed E-state index contributed by atoms with van der Waals surface area (Å²) in [5, 5.41) is 3.34. The Morgan fingerprint density at radius 2 is 1.55 bits per heavy atom. The SMILES string of the molecule is Cc1ccc(CN(C(=O)NC2CCCC2)C2CCC(c3ccccc3)CC2)cc1. The number of nitrogens with zero attached hydrogens (tertiary/aromatic N) is 1. The topological polar surface area (TPSA) is 32.3 Å². The number of hydrogen-bond donors (Lipinski definition) is 1.